The standard InChI is InChI=1S/C12H13N3O2/c1-17-8-4-2-7(3-5-8)9-6-13-11-10(9)12(16)15-14-11/h2-5,9H,6H2,1H3,(H3,13,14,15,16)/t9-/m1/s1. The fourth-order valence-corrected chi connectivity index (χ4v) is 2.27. The molecule has 2 heterocycles. The van der Waals surface area contributed by atoms with Crippen molar-refractivity contribution in [2.24, 2.45) is 0 Å². The van der Waals surface area contributed by atoms with Crippen LogP contribution in [0.5, 0.6) is 5.75 Å². The zero-order valence-electron chi connectivity index (χ0n) is 9.41. The third kappa shape index (κ3) is 1.51. The number of H-pyrrole nitrogens is 2. The second-order valence-corrected chi connectivity index (χ2v) is 4.07. The number of nitrogens with one attached hydrogen (secondary N) is 3. The molecule has 5 nitrogen and oxygen atoms in total. The highest BCUT2D eigenvalue weighted by molar-refractivity contribution is 5.55. The summed E-state index contributed by atoms with van der Waals surface area (Å²) in [4.78, 5) is 11.7. The molecule has 0 bridgehead atoms. The molecule has 1 aliphatic rings. The van der Waals surface area contributed by atoms with E-state index in [0.29, 0.717) is 0 Å². The normalized spacial score (nSPS) is 17.6. The number of methoxy groups -OCH3 is 1. The molecule has 2 aromatic rings. The summed E-state index contributed by atoms with van der Waals surface area (Å²) >= 11 is 0. The number of benzene rings is 1. The van der Waals surface area contributed by atoms with Crippen LogP contribution in [0.3, 0.4) is 0 Å². The van der Waals surface area contributed by atoms with Crippen molar-refractivity contribution in [1.82, 2.24) is 10.2 Å². The number of anilines is 1. The van der Waals surface area contributed by atoms with E-state index in [1.54, 1.807) is 7.11 Å². The fourth-order valence-electron chi connectivity index (χ4n) is 2.27. The second-order valence-electron chi connectivity index (χ2n) is 4.07. The molecule has 0 fully saturated rings. The highest BCUT2D eigenvalue weighted by Crippen LogP contribution is 2.32. The van der Waals surface area contributed by atoms with E-state index in [2.05, 4.69) is 15.5 Å². The van der Waals surface area contributed by atoms with Crippen LogP contribution < -0.4 is 15.6 Å². The first-order chi connectivity index (χ1) is 8.29. The summed E-state index contributed by atoms with van der Waals surface area (Å²) in [5, 5.41) is 8.61. The molecule has 1 aromatic carbocycles. The smallest absolute Gasteiger partial charge is 0.269 e. The molecule has 88 valence electrons. The summed E-state index contributed by atoms with van der Waals surface area (Å²) in [5.41, 5.74) is 1.85. The van der Waals surface area contributed by atoms with Crippen molar-refractivity contribution in [3.05, 3.63) is 45.7 Å². The number of hydrogen-bond donors (Lipinski definition) is 3. The number of ether oxygens (including phenoxy) is 1. The molecular formula is C12H13N3O2. The molecule has 3 N–H and O–H groups in total. The quantitative estimate of drug-likeness (QED) is 0.729. The average molecular weight is 231 g/mol. The minimum atomic E-state index is -0.0502. The van der Waals surface area contributed by atoms with Gasteiger partial charge in [0.2, 0.25) is 0 Å². The predicted octanol–water partition coefficient (Wildman–Crippen LogP) is 1.27. The SMILES string of the molecule is COc1ccc([C@H]2CNc3[nH][nH]c(=O)c32)cc1. The fraction of sp³-hybridized carbons (Fsp3) is 0.250. The van der Waals surface area contributed by atoms with Gasteiger partial charge in [0.15, 0.2) is 0 Å². The van der Waals surface area contributed by atoms with Gasteiger partial charge in [-0.05, 0) is 17.7 Å². The van der Waals surface area contributed by atoms with Crippen LogP contribution in [0.4, 0.5) is 5.82 Å². The molecule has 5 heteroatoms. The lowest BCUT2D eigenvalue weighted by atomic mass is 9.95. The lowest BCUT2D eigenvalue weighted by molar-refractivity contribution is 0.414. The Morgan fingerprint density at radius 2 is 2.00 bits per heavy atom. The Morgan fingerprint density at radius 3 is 2.71 bits per heavy atom. The first kappa shape index (κ1) is 10.0. The predicted molar refractivity (Wildman–Crippen MR) is 64.7 cm³/mol. The van der Waals surface area contributed by atoms with Gasteiger partial charge in [-0.25, -0.2) is 0 Å². The van der Waals surface area contributed by atoms with E-state index >= 15 is 0 Å². The number of hydrogen-bond acceptors (Lipinski definition) is 3. The first-order valence-electron chi connectivity index (χ1n) is 5.48. The van der Waals surface area contributed by atoms with Crippen molar-refractivity contribution in [1.29, 1.82) is 0 Å². The molecule has 0 saturated heterocycles. The van der Waals surface area contributed by atoms with Crippen molar-refractivity contribution < 1.29 is 4.74 Å². The molecule has 0 radical (unpaired) electrons. The van der Waals surface area contributed by atoms with Crippen molar-refractivity contribution in [2.45, 2.75) is 5.92 Å². The number of fused-ring (bicyclic) bond motifs is 1. The molecular weight excluding hydrogens is 218 g/mol. The van der Waals surface area contributed by atoms with E-state index in [0.717, 1.165) is 29.2 Å². The summed E-state index contributed by atoms with van der Waals surface area (Å²) in [7, 11) is 1.64. The Hall–Kier alpha value is -2.17. The third-order valence-electron chi connectivity index (χ3n) is 3.16. The zero-order valence-corrected chi connectivity index (χ0v) is 9.41. The van der Waals surface area contributed by atoms with Gasteiger partial charge < -0.3 is 10.1 Å². The van der Waals surface area contributed by atoms with Crippen LogP contribution >= 0.6 is 0 Å². The van der Waals surface area contributed by atoms with Crippen molar-refractivity contribution in [3.8, 4) is 5.75 Å². The van der Waals surface area contributed by atoms with Crippen LogP contribution in [-0.2, 0) is 0 Å². The summed E-state index contributed by atoms with van der Waals surface area (Å²) in [6, 6.07) is 7.81. The maximum absolute atomic E-state index is 11.7. The zero-order chi connectivity index (χ0) is 11.8. The van der Waals surface area contributed by atoms with Gasteiger partial charge in [0.05, 0.1) is 12.7 Å². The van der Waals surface area contributed by atoms with Gasteiger partial charge >= 0.3 is 0 Å². The Morgan fingerprint density at radius 1 is 1.24 bits per heavy atom. The molecule has 17 heavy (non-hydrogen) atoms. The molecule has 1 atom stereocenters. The van der Waals surface area contributed by atoms with Gasteiger partial charge in [0, 0.05) is 12.5 Å². The minimum absolute atomic E-state index is 0.0502. The molecule has 1 aliphatic heterocycles. The van der Waals surface area contributed by atoms with Crippen molar-refractivity contribution in [3.63, 3.8) is 0 Å². The largest absolute Gasteiger partial charge is 0.497 e. The second kappa shape index (κ2) is 3.69. The van der Waals surface area contributed by atoms with Crippen LogP contribution in [0, 0.1) is 0 Å². The van der Waals surface area contributed by atoms with Crippen LogP contribution in [0.15, 0.2) is 29.1 Å². The topological polar surface area (TPSA) is 69.9 Å². The van der Waals surface area contributed by atoms with Gasteiger partial charge in [-0.2, -0.15) is 0 Å². The number of aromatic amines is 2. The van der Waals surface area contributed by atoms with E-state index in [-0.39, 0.29) is 11.5 Å². The van der Waals surface area contributed by atoms with E-state index in [1.807, 2.05) is 24.3 Å². The van der Waals surface area contributed by atoms with E-state index in [4.69, 9.17) is 4.74 Å². The van der Waals surface area contributed by atoms with Crippen LogP contribution in [0.2, 0.25) is 0 Å². The van der Waals surface area contributed by atoms with Gasteiger partial charge in [0.25, 0.3) is 5.56 Å². The van der Waals surface area contributed by atoms with E-state index in [9.17, 15) is 4.79 Å². The summed E-state index contributed by atoms with van der Waals surface area (Å²) < 4.78 is 5.12. The molecule has 0 aliphatic carbocycles. The molecule has 1 aromatic heterocycles. The van der Waals surface area contributed by atoms with Crippen molar-refractivity contribution in [2.75, 3.05) is 19.0 Å². The molecule has 0 saturated carbocycles. The monoisotopic (exact) mass is 231 g/mol. The minimum Gasteiger partial charge on any atom is -0.497 e. The van der Waals surface area contributed by atoms with E-state index < -0.39 is 0 Å². The van der Waals surface area contributed by atoms with Crippen LogP contribution in [0.25, 0.3) is 0 Å². The maximum Gasteiger partial charge on any atom is 0.269 e. The Kier molecular flexibility index (Phi) is 2.18. The van der Waals surface area contributed by atoms with Crippen LogP contribution in [0.1, 0.15) is 17.0 Å². The lowest BCUT2D eigenvalue weighted by Gasteiger charge is -2.09. The first-order valence-corrected chi connectivity index (χ1v) is 5.48. The molecule has 3 rings (SSSR count). The van der Waals surface area contributed by atoms with Gasteiger partial charge in [-0.1, -0.05) is 12.1 Å². The Bertz CT molecular complexity index is 583. The number of rotatable bonds is 2. The molecule has 0 spiro atoms. The van der Waals surface area contributed by atoms with Gasteiger partial charge in [-0.15, -0.1) is 0 Å². The number of aromatic nitrogens is 2. The Balaban J connectivity index is 2.00. The lowest BCUT2D eigenvalue weighted by Crippen LogP contribution is -2.13. The van der Waals surface area contributed by atoms with Gasteiger partial charge in [0.1, 0.15) is 11.6 Å². The van der Waals surface area contributed by atoms with Crippen molar-refractivity contribution >= 4 is 5.82 Å². The van der Waals surface area contributed by atoms with Gasteiger partial charge in [-0.3, -0.25) is 15.0 Å². The summed E-state index contributed by atoms with van der Waals surface area (Å²) in [5.74, 6) is 1.73. The maximum atomic E-state index is 11.7. The average Bonchev–Trinajstić information content (AvgIpc) is 2.93. The van der Waals surface area contributed by atoms with Crippen LogP contribution in [-0.4, -0.2) is 23.9 Å². The van der Waals surface area contributed by atoms with E-state index in [1.165, 1.54) is 0 Å². The highest BCUT2D eigenvalue weighted by Gasteiger charge is 2.28. The third-order valence-corrected chi connectivity index (χ3v) is 3.16. The Labute approximate surface area is 97.8 Å². The highest BCUT2D eigenvalue weighted by atomic mass is 16.5. The molecule has 0 unspecified atom stereocenters. The molecule has 0 amide bonds. The summed E-state index contributed by atoms with van der Waals surface area (Å²) in [6.07, 6.45) is 0. The summed E-state index contributed by atoms with van der Waals surface area (Å²) in [6.45, 7) is 0.747.